The van der Waals surface area contributed by atoms with E-state index in [1.165, 1.54) is 0 Å². The number of rotatable bonds is 5. The predicted octanol–water partition coefficient (Wildman–Crippen LogP) is 2.89. The molecular formula is C17H16N2O2. The number of anilines is 1. The van der Waals surface area contributed by atoms with Crippen LogP contribution in [0.2, 0.25) is 0 Å². The zero-order chi connectivity index (χ0) is 15.2. The zero-order valence-corrected chi connectivity index (χ0v) is 12.0. The highest BCUT2D eigenvalue weighted by Crippen LogP contribution is 2.19. The van der Waals surface area contributed by atoms with Gasteiger partial charge in [-0.2, -0.15) is 5.26 Å². The first kappa shape index (κ1) is 14.6. The van der Waals surface area contributed by atoms with E-state index in [1.54, 1.807) is 31.4 Å². The second kappa shape index (κ2) is 6.58. The summed E-state index contributed by atoms with van der Waals surface area (Å²) in [5, 5.41) is 8.79. The Kier molecular flexibility index (Phi) is 4.57. The largest absolute Gasteiger partial charge is 0.496 e. The number of carbonyl (C=O) groups excluding carboxylic acids is 1. The fourth-order valence-electron chi connectivity index (χ4n) is 2.06. The average Bonchev–Trinajstić information content (AvgIpc) is 2.54. The van der Waals surface area contributed by atoms with Crippen molar-refractivity contribution in [2.75, 3.05) is 25.6 Å². The van der Waals surface area contributed by atoms with Crippen molar-refractivity contribution in [2.45, 2.75) is 0 Å². The summed E-state index contributed by atoms with van der Waals surface area (Å²) in [6.07, 6.45) is 0. The molecule has 0 aromatic heterocycles. The highest BCUT2D eigenvalue weighted by atomic mass is 16.5. The second-order valence-corrected chi connectivity index (χ2v) is 4.64. The standard InChI is InChI=1S/C17H16N2O2/c1-19(14-9-7-13(11-18)8-10-14)12-16(20)15-5-3-4-6-17(15)21-2/h3-10H,12H2,1-2H3. The van der Waals surface area contributed by atoms with Crippen molar-refractivity contribution in [2.24, 2.45) is 0 Å². The Labute approximate surface area is 124 Å². The Bertz CT molecular complexity index is 672. The van der Waals surface area contributed by atoms with Crippen LogP contribution >= 0.6 is 0 Å². The minimum Gasteiger partial charge on any atom is -0.496 e. The number of methoxy groups -OCH3 is 1. The van der Waals surface area contributed by atoms with Crippen LogP contribution in [-0.4, -0.2) is 26.5 Å². The quantitative estimate of drug-likeness (QED) is 0.790. The van der Waals surface area contributed by atoms with Gasteiger partial charge in [0.25, 0.3) is 0 Å². The molecule has 0 bridgehead atoms. The molecule has 0 saturated carbocycles. The Hall–Kier alpha value is -2.80. The van der Waals surface area contributed by atoms with Crippen molar-refractivity contribution >= 4 is 11.5 Å². The fraction of sp³-hybridized carbons (Fsp3) is 0.176. The van der Waals surface area contributed by atoms with Gasteiger partial charge in [0.2, 0.25) is 0 Å². The van der Waals surface area contributed by atoms with Gasteiger partial charge in [-0.05, 0) is 36.4 Å². The molecule has 0 unspecified atom stereocenters. The third kappa shape index (κ3) is 3.40. The lowest BCUT2D eigenvalue weighted by Gasteiger charge is -2.19. The number of nitrogens with zero attached hydrogens (tertiary/aromatic N) is 2. The molecule has 0 saturated heterocycles. The average molecular weight is 280 g/mol. The zero-order valence-electron chi connectivity index (χ0n) is 12.0. The first-order valence-corrected chi connectivity index (χ1v) is 6.53. The summed E-state index contributed by atoms with van der Waals surface area (Å²) in [5.74, 6) is 0.565. The summed E-state index contributed by atoms with van der Waals surface area (Å²) in [4.78, 5) is 14.2. The van der Waals surface area contributed by atoms with Gasteiger partial charge in [-0.3, -0.25) is 4.79 Å². The van der Waals surface area contributed by atoms with E-state index >= 15 is 0 Å². The van der Waals surface area contributed by atoms with E-state index in [4.69, 9.17) is 10.00 Å². The molecule has 106 valence electrons. The summed E-state index contributed by atoms with van der Waals surface area (Å²) < 4.78 is 5.21. The third-order valence-electron chi connectivity index (χ3n) is 3.23. The number of ether oxygens (including phenoxy) is 1. The Morgan fingerprint density at radius 1 is 1.19 bits per heavy atom. The topological polar surface area (TPSA) is 53.3 Å². The summed E-state index contributed by atoms with van der Waals surface area (Å²) in [7, 11) is 3.39. The van der Waals surface area contributed by atoms with Gasteiger partial charge in [0.15, 0.2) is 5.78 Å². The Balaban J connectivity index is 2.13. The molecule has 2 aromatic carbocycles. The maximum absolute atomic E-state index is 12.4. The first-order valence-electron chi connectivity index (χ1n) is 6.53. The van der Waals surface area contributed by atoms with Crippen LogP contribution in [-0.2, 0) is 0 Å². The van der Waals surface area contributed by atoms with Gasteiger partial charge in [0, 0.05) is 12.7 Å². The molecule has 0 spiro atoms. The van der Waals surface area contributed by atoms with E-state index in [-0.39, 0.29) is 12.3 Å². The van der Waals surface area contributed by atoms with Gasteiger partial charge >= 0.3 is 0 Å². The van der Waals surface area contributed by atoms with Crippen molar-refractivity contribution in [3.05, 3.63) is 59.7 Å². The van der Waals surface area contributed by atoms with Crippen molar-refractivity contribution in [1.29, 1.82) is 5.26 Å². The van der Waals surface area contributed by atoms with Gasteiger partial charge in [-0.25, -0.2) is 0 Å². The van der Waals surface area contributed by atoms with Crippen molar-refractivity contribution in [3.63, 3.8) is 0 Å². The molecule has 0 aliphatic carbocycles. The fourth-order valence-corrected chi connectivity index (χ4v) is 2.06. The third-order valence-corrected chi connectivity index (χ3v) is 3.23. The van der Waals surface area contributed by atoms with Crippen LogP contribution in [0.5, 0.6) is 5.75 Å². The normalized spacial score (nSPS) is 9.76. The molecule has 2 rings (SSSR count). The Morgan fingerprint density at radius 2 is 1.86 bits per heavy atom. The minimum atomic E-state index is -0.0145. The summed E-state index contributed by atoms with van der Waals surface area (Å²) >= 11 is 0. The number of hydrogen-bond acceptors (Lipinski definition) is 4. The lowest BCUT2D eigenvalue weighted by molar-refractivity contribution is 0.0997. The highest BCUT2D eigenvalue weighted by Gasteiger charge is 2.14. The van der Waals surface area contributed by atoms with E-state index < -0.39 is 0 Å². The number of likely N-dealkylation sites (N-methyl/N-ethyl adjacent to an activating group) is 1. The molecular weight excluding hydrogens is 264 g/mol. The molecule has 0 heterocycles. The molecule has 0 aliphatic heterocycles. The molecule has 0 atom stereocenters. The van der Waals surface area contributed by atoms with E-state index in [9.17, 15) is 4.79 Å². The molecule has 0 radical (unpaired) electrons. The van der Waals surface area contributed by atoms with Crippen molar-refractivity contribution in [1.82, 2.24) is 0 Å². The monoisotopic (exact) mass is 280 g/mol. The van der Waals surface area contributed by atoms with Gasteiger partial charge < -0.3 is 9.64 Å². The molecule has 0 aliphatic rings. The molecule has 21 heavy (non-hydrogen) atoms. The first-order chi connectivity index (χ1) is 10.2. The maximum Gasteiger partial charge on any atom is 0.185 e. The maximum atomic E-state index is 12.4. The minimum absolute atomic E-state index is 0.0145. The van der Waals surface area contributed by atoms with Crippen molar-refractivity contribution < 1.29 is 9.53 Å². The number of ketones is 1. The Morgan fingerprint density at radius 3 is 2.48 bits per heavy atom. The van der Waals surface area contributed by atoms with Crippen LogP contribution in [0, 0.1) is 11.3 Å². The van der Waals surface area contributed by atoms with E-state index in [0.29, 0.717) is 16.9 Å². The smallest absolute Gasteiger partial charge is 0.185 e. The van der Waals surface area contributed by atoms with E-state index in [1.807, 2.05) is 36.2 Å². The number of para-hydroxylation sites is 1. The van der Waals surface area contributed by atoms with Gasteiger partial charge in [-0.15, -0.1) is 0 Å². The van der Waals surface area contributed by atoms with E-state index in [0.717, 1.165) is 5.69 Å². The van der Waals surface area contributed by atoms with Crippen LogP contribution < -0.4 is 9.64 Å². The molecule has 0 amide bonds. The summed E-state index contributed by atoms with van der Waals surface area (Å²) in [6.45, 7) is 0.242. The number of Topliss-reactive ketones (excluding diaryl/α,β-unsaturated/α-hetero) is 1. The van der Waals surface area contributed by atoms with Gasteiger partial charge in [0.05, 0.1) is 30.9 Å². The van der Waals surface area contributed by atoms with E-state index in [2.05, 4.69) is 6.07 Å². The summed E-state index contributed by atoms with van der Waals surface area (Å²) in [5.41, 5.74) is 2.06. The van der Waals surface area contributed by atoms with Gasteiger partial charge in [0.1, 0.15) is 5.75 Å². The molecule has 2 aromatic rings. The van der Waals surface area contributed by atoms with Crippen LogP contribution in [0.4, 0.5) is 5.69 Å². The highest BCUT2D eigenvalue weighted by molar-refractivity contribution is 6.01. The van der Waals surface area contributed by atoms with Crippen LogP contribution in [0.1, 0.15) is 15.9 Å². The van der Waals surface area contributed by atoms with Crippen molar-refractivity contribution in [3.8, 4) is 11.8 Å². The van der Waals surface area contributed by atoms with Crippen LogP contribution in [0.3, 0.4) is 0 Å². The number of carbonyl (C=O) groups is 1. The van der Waals surface area contributed by atoms with Crippen LogP contribution in [0.15, 0.2) is 48.5 Å². The lowest BCUT2D eigenvalue weighted by Crippen LogP contribution is -2.25. The lowest BCUT2D eigenvalue weighted by atomic mass is 10.1. The molecule has 4 nitrogen and oxygen atoms in total. The van der Waals surface area contributed by atoms with Gasteiger partial charge in [-0.1, -0.05) is 12.1 Å². The number of nitriles is 1. The molecule has 0 fully saturated rings. The SMILES string of the molecule is COc1ccccc1C(=O)CN(C)c1ccc(C#N)cc1. The molecule has 4 heteroatoms. The van der Waals surface area contributed by atoms with Crippen LogP contribution in [0.25, 0.3) is 0 Å². The molecule has 0 N–H and O–H groups in total. The second-order valence-electron chi connectivity index (χ2n) is 4.64. The predicted molar refractivity (Wildman–Crippen MR) is 81.8 cm³/mol. The summed E-state index contributed by atoms with van der Waals surface area (Å²) in [6, 6.07) is 16.4. The number of benzene rings is 2. The number of hydrogen-bond donors (Lipinski definition) is 0.